The van der Waals surface area contributed by atoms with Gasteiger partial charge in [0.25, 0.3) is 0 Å². The lowest BCUT2D eigenvalue weighted by molar-refractivity contribution is 0.414. The largest absolute Gasteiger partial charge is 0.312 e. The van der Waals surface area contributed by atoms with Crippen LogP contribution >= 0.6 is 11.6 Å². The minimum Gasteiger partial charge on any atom is -0.312 e. The molecule has 0 amide bonds. The molecule has 0 heterocycles. The molecule has 0 aromatic heterocycles. The van der Waals surface area contributed by atoms with Gasteiger partial charge >= 0.3 is 0 Å². The van der Waals surface area contributed by atoms with Gasteiger partial charge in [-0.3, -0.25) is 0 Å². The quantitative estimate of drug-likeness (QED) is 0.852. The van der Waals surface area contributed by atoms with Crippen LogP contribution in [-0.2, 0) is 0 Å². The van der Waals surface area contributed by atoms with Gasteiger partial charge in [-0.05, 0) is 75.8 Å². The van der Waals surface area contributed by atoms with Crippen LogP contribution in [0.5, 0.6) is 0 Å². The van der Waals surface area contributed by atoms with E-state index in [4.69, 9.17) is 11.6 Å². The van der Waals surface area contributed by atoms with E-state index in [9.17, 15) is 0 Å². The van der Waals surface area contributed by atoms with Gasteiger partial charge in [0.15, 0.2) is 0 Å². The van der Waals surface area contributed by atoms with Crippen LogP contribution in [-0.4, -0.2) is 12.1 Å². The first-order chi connectivity index (χ1) is 7.87. The second-order valence-corrected chi connectivity index (χ2v) is 6.67. The van der Waals surface area contributed by atoms with Crippen molar-refractivity contribution in [2.45, 2.75) is 45.6 Å². The third kappa shape index (κ3) is 3.46. The zero-order valence-corrected chi connectivity index (χ0v) is 11.9. The maximum atomic E-state index is 5.99. The summed E-state index contributed by atoms with van der Waals surface area (Å²) in [7, 11) is 0. The maximum Gasteiger partial charge on any atom is 0.0408 e. The summed E-state index contributed by atoms with van der Waals surface area (Å²) >= 11 is 5.99. The summed E-state index contributed by atoms with van der Waals surface area (Å²) in [5.74, 6) is 1.54. The van der Waals surface area contributed by atoms with E-state index in [0.29, 0.717) is 0 Å². The topological polar surface area (TPSA) is 12.0 Å². The minimum atomic E-state index is 0.224. The molecule has 1 aromatic rings. The molecule has 17 heavy (non-hydrogen) atoms. The lowest BCUT2D eigenvalue weighted by Crippen LogP contribution is -2.37. The average molecular weight is 252 g/mol. The zero-order valence-electron chi connectivity index (χ0n) is 11.2. The molecule has 1 aromatic carbocycles. The highest BCUT2D eigenvalue weighted by molar-refractivity contribution is 6.30. The van der Waals surface area contributed by atoms with Crippen molar-refractivity contribution < 1.29 is 0 Å². The number of hydrogen-bond donors (Lipinski definition) is 1. The highest BCUT2D eigenvalue weighted by atomic mass is 35.5. The second kappa shape index (κ2) is 4.62. The van der Waals surface area contributed by atoms with Crippen LogP contribution in [0.1, 0.15) is 44.2 Å². The van der Waals surface area contributed by atoms with Gasteiger partial charge in [0.1, 0.15) is 0 Å². The Bertz CT molecular complexity index is 406. The second-order valence-electron chi connectivity index (χ2n) is 6.23. The van der Waals surface area contributed by atoms with Gasteiger partial charge in [-0.1, -0.05) is 17.7 Å². The smallest absolute Gasteiger partial charge is 0.0408 e. The molecule has 2 heteroatoms. The standard InChI is InChI=1S/C15H22ClN/c1-10-7-12(16)5-6-13(10)14-8-11(14)9-17-15(2,3)4/h5-7,11,14,17H,8-9H2,1-4H3. The van der Waals surface area contributed by atoms with Gasteiger partial charge in [-0.25, -0.2) is 0 Å². The Hall–Kier alpha value is -0.530. The van der Waals surface area contributed by atoms with Gasteiger partial charge in [0.05, 0.1) is 0 Å². The molecule has 0 bridgehead atoms. The molecule has 0 radical (unpaired) electrons. The highest BCUT2D eigenvalue weighted by Gasteiger charge is 2.39. The first kappa shape index (κ1) is 12.9. The molecule has 1 nitrogen and oxygen atoms in total. The molecule has 2 rings (SSSR count). The number of nitrogens with one attached hydrogen (secondary N) is 1. The van der Waals surface area contributed by atoms with Crippen molar-refractivity contribution in [1.29, 1.82) is 0 Å². The third-order valence-corrected chi connectivity index (χ3v) is 3.68. The van der Waals surface area contributed by atoms with Crippen molar-refractivity contribution in [2.75, 3.05) is 6.54 Å². The zero-order chi connectivity index (χ0) is 12.6. The fraction of sp³-hybridized carbons (Fsp3) is 0.600. The Labute approximate surface area is 110 Å². The SMILES string of the molecule is Cc1cc(Cl)ccc1C1CC1CNC(C)(C)C. The molecule has 1 fully saturated rings. The van der Waals surface area contributed by atoms with E-state index in [0.717, 1.165) is 23.4 Å². The Morgan fingerprint density at radius 1 is 1.35 bits per heavy atom. The fourth-order valence-electron chi connectivity index (χ4n) is 2.35. The van der Waals surface area contributed by atoms with Crippen molar-refractivity contribution >= 4 is 11.6 Å². The van der Waals surface area contributed by atoms with Crippen LogP contribution in [0, 0.1) is 12.8 Å². The van der Waals surface area contributed by atoms with Gasteiger partial charge in [-0.2, -0.15) is 0 Å². The van der Waals surface area contributed by atoms with Crippen LogP contribution in [0.4, 0.5) is 0 Å². The first-order valence-corrected chi connectivity index (χ1v) is 6.76. The van der Waals surface area contributed by atoms with Crippen molar-refractivity contribution in [3.63, 3.8) is 0 Å². The predicted molar refractivity (Wildman–Crippen MR) is 74.8 cm³/mol. The summed E-state index contributed by atoms with van der Waals surface area (Å²) in [6.45, 7) is 9.94. The summed E-state index contributed by atoms with van der Waals surface area (Å²) in [6.07, 6.45) is 1.31. The van der Waals surface area contributed by atoms with E-state index in [2.05, 4.69) is 45.1 Å². The lowest BCUT2D eigenvalue weighted by atomic mass is 10.0. The van der Waals surface area contributed by atoms with E-state index < -0.39 is 0 Å². The van der Waals surface area contributed by atoms with Crippen LogP contribution in [0.15, 0.2) is 18.2 Å². The Morgan fingerprint density at radius 2 is 2.06 bits per heavy atom. The van der Waals surface area contributed by atoms with E-state index >= 15 is 0 Å². The Morgan fingerprint density at radius 3 is 2.65 bits per heavy atom. The van der Waals surface area contributed by atoms with Gasteiger partial charge in [-0.15, -0.1) is 0 Å². The van der Waals surface area contributed by atoms with E-state index in [1.165, 1.54) is 17.5 Å². The lowest BCUT2D eigenvalue weighted by Gasteiger charge is -2.20. The number of aryl methyl sites for hydroxylation is 1. The number of hydrogen-bond acceptors (Lipinski definition) is 1. The molecule has 94 valence electrons. The molecule has 2 unspecified atom stereocenters. The number of halogens is 1. The molecular weight excluding hydrogens is 230 g/mol. The van der Waals surface area contributed by atoms with Crippen molar-refractivity contribution in [2.24, 2.45) is 5.92 Å². The van der Waals surface area contributed by atoms with Crippen molar-refractivity contribution in [1.82, 2.24) is 5.32 Å². The van der Waals surface area contributed by atoms with Crippen LogP contribution in [0.2, 0.25) is 5.02 Å². The molecule has 1 saturated carbocycles. The van der Waals surface area contributed by atoms with Crippen LogP contribution < -0.4 is 5.32 Å². The molecule has 1 aliphatic rings. The summed E-state index contributed by atoms with van der Waals surface area (Å²) in [6, 6.07) is 6.28. The van der Waals surface area contributed by atoms with Crippen LogP contribution in [0.3, 0.4) is 0 Å². The molecule has 0 spiro atoms. The molecular formula is C15H22ClN. The minimum absolute atomic E-state index is 0.224. The molecule has 1 aliphatic carbocycles. The van der Waals surface area contributed by atoms with E-state index in [1.807, 2.05) is 6.07 Å². The molecule has 1 N–H and O–H groups in total. The molecule has 2 atom stereocenters. The number of rotatable bonds is 3. The summed E-state index contributed by atoms with van der Waals surface area (Å²) in [4.78, 5) is 0. The highest BCUT2D eigenvalue weighted by Crippen LogP contribution is 2.48. The summed E-state index contributed by atoms with van der Waals surface area (Å²) < 4.78 is 0. The molecule has 0 saturated heterocycles. The van der Waals surface area contributed by atoms with E-state index in [1.54, 1.807) is 0 Å². The predicted octanol–water partition coefficient (Wildman–Crippen LogP) is 4.14. The third-order valence-electron chi connectivity index (χ3n) is 3.45. The first-order valence-electron chi connectivity index (χ1n) is 6.38. The van der Waals surface area contributed by atoms with Gasteiger partial charge in [0.2, 0.25) is 0 Å². The Balaban J connectivity index is 1.94. The average Bonchev–Trinajstić information content (AvgIpc) is 2.93. The summed E-state index contributed by atoms with van der Waals surface area (Å²) in [5, 5.41) is 4.43. The van der Waals surface area contributed by atoms with Crippen molar-refractivity contribution in [3.05, 3.63) is 34.3 Å². The van der Waals surface area contributed by atoms with Gasteiger partial charge in [0, 0.05) is 10.6 Å². The summed E-state index contributed by atoms with van der Waals surface area (Å²) in [5.41, 5.74) is 3.04. The normalized spacial score (nSPS) is 23.8. The molecule has 0 aliphatic heterocycles. The fourth-order valence-corrected chi connectivity index (χ4v) is 2.57. The van der Waals surface area contributed by atoms with Crippen LogP contribution in [0.25, 0.3) is 0 Å². The van der Waals surface area contributed by atoms with Crippen molar-refractivity contribution in [3.8, 4) is 0 Å². The van der Waals surface area contributed by atoms with Gasteiger partial charge < -0.3 is 5.32 Å². The monoisotopic (exact) mass is 251 g/mol. The number of benzene rings is 1. The Kier molecular flexibility index (Phi) is 3.51. The van der Waals surface area contributed by atoms with E-state index in [-0.39, 0.29) is 5.54 Å². The maximum absolute atomic E-state index is 5.99.